The molecular weight excluding hydrogens is 352 g/mol. The van der Waals surface area contributed by atoms with Gasteiger partial charge in [0.15, 0.2) is 0 Å². The van der Waals surface area contributed by atoms with Crippen LogP contribution in [-0.2, 0) is 9.53 Å². The fourth-order valence-electron chi connectivity index (χ4n) is 2.23. The van der Waals surface area contributed by atoms with Crippen molar-refractivity contribution in [2.24, 2.45) is 0 Å². The van der Waals surface area contributed by atoms with E-state index >= 15 is 0 Å². The van der Waals surface area contributed by atoms with Crippen LogP contribution in [0.25, 0.3) is 6.08 Å². The minimum atomic E-state index is -1.11. The van der Waals surface area contributed by atoms with Crippen molar-refractivity contribution < 1.29 is 33.6 Å². The number of hydrogen-bond donors (Lipinski definition) is 1. The molecule has 0 unspecified atom stereocenters. The van der Waals surface area contributed by atoms with Crippen molar-refractivity contribution in [3.8, 4) is 17.2 Å². The second kappa shape index (κ2) is 9.28. The van der Waals surface area contributed by atoms with Gasteiger partial charge in [-0.3, -0.25) is 0 Å². The maximum atomic E-state index is 11.5. The van der Waals surface area contributed by atoms with Gasteiger partial charge in [0.05, 0.1) is 32.5 Å². The Balaban J connectivity index is 2.17. The lowest BCUT2D eigenvalue weighted by Crippen LogP contribution is -2.10. The standard InChI is InChI=1S/C20H20O7/c1-24-16-9-17(25-2)11-18(10-16)27-12-15(19(21)22)8-13-4-6-14(7-5-13)20(23)26-3/h4-11H,12H2,1-3H3,(H,21,22). The number of carboxylic acids is 1. The number of rotatable bonds is 8. The molecular formula is C20H20O7. The van der Waals surface area contributed by atoms with Crippen molar-refractivity contribution in [3.05, 3.63) is 59.2 Å². The zero-order chi connectivity index (χ0) is 19.8. The third kappa shape index (κ3) is 5.50. The molecule has 0 radical (unpaired) electrons. The van der Waals surface area contributed by atoms with E-state index in [4.69, 9.17) is 14.2 Å². The second-order valence-electron chi connectivity index (χ2n) is 5.43. The number of hydrogen-bond acceptors (Lipinski definition) is 6. The molecule has 0 fully saturated rings. The molecule has 0 saturated carbocycles. The Bertz CT molecular complexity index is 816. The molecule has 0 aliphatic rings. The van der Waals surface area contributed by atoms with Gasteiger partial charge in [-0.05, 0) is 23.8 Å². The van der Waals surface area contributed by atoms with Crippen LogP contribution >= 0.6 is 0 Å². The van der Waals surface area contributed by atoms with Gasteiger partial charge in [-0.1, -0.05) is 12.1 Å². The monoisotopic (exact) mass is 372 g/mol. The molecule has 7 heteroatoms. The molecule has 0 atom stereocenters. The molecule has 27 heavy (non-hydrogen) atoms. The van der Waals surface area contributed by atoms with Crippen LogP contribution in [0.5, 0.6) is 17.2 Å². The van der Waals surface area contributed by atoms with Crippen molar-refractivity contribution >= 4 is 18.0 Å². The van der Waals surface area contributed by atoms with Crippen LogP contribution in [0, 0.1) is 0 Å². The molecule has 0 aromatic heterocycles. The van der Waals surface area contributed by atoms with Crippen molar-refractivity contribution in [1.29, 1.82) is 0 Å². The summed E-state index contributed by atoms with van der Waals surface area (Å²) in [5.41, 5.74) is 1.04. The van der Waals surface area contributed by atoms with Crippen molar-refractivity contribution in [1.82, 2.24) is 0 Å². The van der Waals surface area contributed by atoms with Gasteiger partial charge in [0.1, 0.15) is 23.9 Å². The average molecular weight is 372 g/mol. The van der Waals surface area contributed by atoms with E-state index in [1.54, 1.807) is 42.5 Å². The molecule has 2 aromatic carbocycles. The maximum absolute atomic E-state index is 11.5. The molecule has 2 rings (SSSR count). The molecule has 0 amide bonds. The van der Waals surface area contributed by atoms with Crippen molar-refractivity contribution in [2.45, 2.75) is 0 Å². The molecule has 142 valence electrons. The minimum absolute atomic E-state index is 0.0441. The average Bonchev–Trinajstić information content (AvgIpc) is 2.70. The van der Waals surface area contributed by atoms with Crippen molar-refractivity contribution in [2.75, 3.05) is 27.9 Å². The summed E-state index contributed by atoms with van der Waals surface area (Å²) in [6.07, 6.45) is 1.47. The van der Waals surface area contributed by atoms with Gasteiger partial charge in [0.2, 0.25) is 0 Å². The maximum Gasteiger partial charge on any atom is 0.337 e. The number of aliphatic carboxylic acids is 1. The Kier molecular flexibility index (Phi) is 6.82. The van der Waals surface area contributed by atoms with Crippen LogP contribution in [0.1, 0.15) is 15.9 Å². The Morgan fingerprint density at radius 3 is 1.96 bits per heavy atom. The molecule has 0 spiro atoms. The van der Waals surface area contributed by atoms with E-state index in [0.717, 1.165) is 0 Å². The first-order valence-electron chi connectivity index (χ1n) is 7.95. The molecule has 0 aliphatic carbocycles. The number of ether oxygens (including phenoxy) is 4. The van der Waals surface area contributed by atoms with E-state index in [9.17, 15) is 14.7 Å². The van der Waals surface area contributed by atoms with E-state index in [1.807, 2.05) is 0 Å². The normalized spacial score (nSPS) is 10.9. The second-order valence-corrected chi connectivity index (χ2v) is 5.43. The van der Waals surface area contributed by atoms with E-state index < -0.39 is 11.9 Å². The van der Waals surface area contributed by atoms with Gasteiger partial charge in [-0.25, -0.2) is 9.59 Å². The lowest BCUT2D eigenvalue weighted by atomic mass is 10.1. The predicted molar refractivity (Wildman–Crippen MR) is 98.4 cm³/mol. The van der Waals surface area contributed by atoms with E-state index in [2.05, 4.69) is 4.74 Å². The Hall–Kier alpha value is -3.48. The highest BCUT2D eigenvalue weighted by molar-refractivity contribution is 5.93. The Labute approximate surface area is 156 Å². The first-order chi connectivity index (χ1) is 13.0. The fraction of sp³-hybridized carbons (Fsp3) is 0.200. The number of carboxylic acid groups (broad SMARTS) is 1. The smallest absolute Gasteiger partial charge is 0.337 e. The van der Waals surface area contributed by atoms with Crippen LogP contribution in [0.4, 0.5) is 0 Å². The van der Waals surface area contributed by atoms with Crippen LogP contribution in [0.2, 0.25) is 0 Å². The minimum Gasteiger partial charge on any atom is -0.496 e. The molecule has 7 nitrogen and oxygen atoms in total. The summed E-state index contributed by atoms with van der Waals surface area (Å²) >= 11 is 0. The zero-order valence-electron chi connectivity index (χ0n) is 15.2. The third-order valence-corrected chi connectivity index (χ3v) is 3.67. The third-order valence-electron chi connectivity index (χ3n) is 3.67. The molecule has 0 aliphatic heterocycles. The Morgan fingerprint density at radius 1 is 0.926 bits per heavy atom. The van der Waals surface area contributed by atoms with Crippen molar-refractivity contribution in [3.63, 3.8) is 0 Å². The summed E-state index contributed by atoms with van der Waals surface area (Å²) in [7, 11) is 4.32. The predicted octanol–water partition coefficient (Wildman–Crippen LogP) is 3.04. The number of esters is 1. The summed E-state index contributed by atoms with van der Waals surface area (Å²) in [5.74, 6) is -0.0900. The van der Waals surface area contributed by atoms with Gasteiger partial charge in [0.25, 0.3) is 0 Å². The van der Waals surface area contributed by atoms with E-state index in [0.29, 0.717) is 28.4 Å². The zero-order valence-corrected chi connectivity index (χ0v) is 15.2. The summed E-state index contributed by atoms with van der Waals surface area (Å²) in [6, 6.07) is 11.3. The first kappa shape index (κ1) is 19.8. The summed E-state index contributed by atoms with van der Waals surface area (Å²) in [5, 5.41) is 9.42. The Morgan fingerprint density at radius 2 is 1.48 bits per heavy atom. The van der Waals surface area contributed by atoms with Crippen LogP contribution in [0.3, 0.4) is 0 Å². The fourth-order valence-corrected chi connectivity index (χ4v) is 2.23. The van der Waals surface area contributed by atoms with E-state index in [1.165, 1.54) is 27.4 Å². The van der Waals surface area contributed by atoms with Gasteiger partial charge in [0, 0.05) is 18.2 Å². The van der Waals surface area contributed by atoms with E-state index in [-0.39, 0.29) is 12.2 Å². The highest BCUT2D eigenvalue weighted by atomic mass is 16.5. The van der Waals surface area contributed by atoms with Crippen LogP contribution < -0.4 is 14.2 Å². The van der Waals surface area contributed by atoms with Gasteiger partial charge >= 0.3 is 11.9 Å². The molecule has 0 heterocycles. The molecule has 0 saturated heterocycles. The highest BCUT2D eigenvalue weighted by Crippen LogP contribution is 2.27. The largest absolute Gasteiger partial charge is 0.496 e. The highest BCUT2D eigenvalue weighted by Gasteiger charge is 2.11. The quantitative estimate of drug-likeness (QED) is 0.562. The summed E-state index contributed by atoms with van der Waals surface area (Å²) in [6.45, 7) is -0.162. The lowest BCUT2D eigenvalue weighted by molar-refractivity contribution is -0.132. The summed E-state index contributed by atoms with van der Waals surface area (Å²) < 4.78 is 20.5. The van der Waals surface area contributed by atoms with Crippen LogP contribution in [-0.4, -0.2) is 45.0 Å². The molecule has 2 aromatic rings. The topological polar surface area (TPSA) is 91.3 Å². The number of carbonyl (C=O) groups is 2. The van der Waals surface area contributed by atoms with Crippen LogP contribution in [0.15, 0.2) is 48.0 Å². The number of methoxy groups -OCH3 is 3. The number of benzene rings is 2. The number of carbonyl (C=O) groups excluding carboxylic acids is 1. The van der Waals surface area contributed by atoms with Gasteiger partial charge in [-0.2, -0.15) is 0 Å². The van der Waals surface area contributed by atoms with Gasteiger partial charge in [-0.15, -0.1) is 0 Å². The SMILES string of the molecule is COC(=O)c1ccc(C=C(COc2cc(OC)cc(OC)c2)C(=O)O)cc1. The lowest BCUT2D eigenvalue weighted by Gasteiger charge is -2.11. The van der Waals surface area contributed by atoms with Gasteiger partial charge < -0.3 is 24.1 Å². The molecule has 1 N–H and O–H groups in total. The first-order valence-corrected chi connectivity index (χ1v) is 7.95. The summed E-state index contributed by atoms with van der Waals surface area (Å²) in [4.78, 5) is 23.0. The molecule has 0 bridgehead atoms.